The van der Waals surface area contributed by atoms with Gasteiger partial charge >= 0.3 is 39.2 Å². The van der Waals surface area contributed by atoms with E-state index < -0.39 is 100 Å². The quantitative estimate of drug-likeness (QED) is 0.189. The van der Waals surface area contributed by atoms with Crippen molar-refractivity contribution in [3.8, 4) is 0 Å². The van der Waals surface area contributed by atoms with Crippen molar-refractivity contribution in [2.75, 3.05) is 0 Å². The Hall–Kier alpha value is -2.43. The molecule has 5 heterocycles. The van der Waals surface area contributed by atoms with Crippen LogP contribution in [0.4, 0.5) is 8.78 Å². The SMILES string of the molecule is CCC(CC)(OC(=O)C1C2OC3C(OC(=O)C31)C2OC(=O)CCC(=O)OC(C)C(F)(F)S(=O)(=O)O)C1CC2CCC1O2. The number of carbonyl (C=O) groups is 4. The van der Waals surface area contributed by atoms with E-state index in [1.54, 1.807) is 0 Å². The molecule has 0 aliphatic carbocycles. The number of hydrogen-bond acceptors (Lipinski definition) is 12. The molecule has 5 saturated heterocycles. The summed E-state index contributed by atoms with van der Waals surface area (Å²) in [5.74, 6) is -5.69. The fraction of sp³-hybridized carbons (Fsp3) is 0.846. The Morgan fingerprint density at radius 1 is 1.05 bits per heavy atom. The van der Waals surface area contributed by atoms with Crippen molar-refractivity contribution in [1.29, 1.82) is 0 Å². The molecule has 0 aromatic carbocycles. The maximum Gasteiger partial charge on any atom is 0.405 e. The molecule has 0 radical (unpaired) electrons. The predicted octanol–water partition coefficient (Wildman–Crippen LogP) is 1.70. The Kier molecular flexibility index (Phi) is 8.07. The third-order valence-electron chi connectivity index (χ3n) is 9.39. The number of carbonyl (C=O) groups excluding carboxylic acids is 4. The van der Waals surface area contributed by atoms with E-state index in [9.17, 15) is 36.4 Å². The number of rotatable bonds is 12. The molecule has 5 rings (SSSR count). The highest BCUT2D eigenvalue weighted by Gasteiger charge is 2.72. The smallest absolute Gasteiger partial charge is 0.405 e. The second-order valence-corrected chi connectivity index (χ2v) is 13.0. The highest BCUT2D eigenvalue weighted by atomic mass is 32.2. The van der Waals surface area contributed by atoms with Gasteiger partial charge in [-0.15, -0.1) is 0 Å². The number of hydrogen-bond donors (Lipinski definition) is 1. The van der Waals surface area contributed by atoms with Crippen LogP contribution in [0.5, 0.6) is 0 Å². The highest BCUT2D eigenvalue weighted by molar-refractivity contribution is 7.86. The maximum atomic E-state index is 13.7. The standard InChI is InChI=1S/C26H34F2O13S/c1-4-25(5-2,13-10-12-6-7-14(13)37-12)41-24(32)18-17-19-22(40-23(17)31)21(20(18)39-19)38-16(30)9-8-15(29)36-11(3)26(27,28)42(33,34)35/h11-14,17-22H,4-10H2,1-3H3,(H,33,34,35). The molecular formula is C26H34F2O13S. The van der Waals surface area contributed by atoms with Crippen LogP contribution in [-0.4, -0.2) is 90.4 Å². The average molecular weight is 625 g/mol. The van der Waals surface area contributed by atoms with Gasteiger partial charge in [0.2, 0.25) is 0 Å². The third-order valence-corrected chi connectivity index (χ3v) is 10.4. The molecule has 236 valence electrons. The minimum Gasteiger partial charge on any atom is -0.458 e. The van der Waals surface area contributed by atoms with Crippen LogP contribution in [0.3, 0.4) is 0 Å². The summed E-state index contributed by atoms with van der Waals surface area (Å²) in [6, 6.07) is 0. The average Bonchev–Trinajstić information content (AvgIpc) is 3.73. The fourth-order valence-corrected chi connectivity index (χ4v) is 7.61. The zero-order valence-corrected chi connectivity index (χ0v) is 24.1. The summed E-state index contributed by atoms with van der Waals surface area (Å²) in [5.41, 5.74) is -0.809. The molecule has 5 aliphatic rings. The van der Waals surface area contributed by atoms with Crippen LogP contribution < -0.4 is 0 Å². The van der Waals surface area contributed by atoms with Crippen molar-refractivity contribution in [3.05, 3.63) is 0 Å². The molecule has 13 nitrogen and oxygen atoms in total. The molecule has 0 aromatic rings. The van der Waals surface area contributed by atoms with Gasteiger partial charge in [-0.1, -0.05) is 13.8 Å². The number of ether oxygens (including phenoxy) is 6. The number of fused-ring (bicyclic) bond motifs is 3. The van der Waals surface area contributed by atoms with Gasteiger partial charge in [0.25, 0.3) is 0 Å². The summed E-state index contributed by atoms with van der Waals surface area (Å²) >= 11 is 0. The molecule has 42 heavy (non-hydrogen) atoms. The first-order valence-corrected chi connectivity index (χ1v) is 15.6. The van der Waals surface area contributed by atoms with Crippen molar-refractivity contribution < 1.29 is 69.4 Å². The summed E-state index contributed by atoms with van der Waals surface area (Å²) in [5, 5.41) is -4.76. The number of halogens is 2. The van der Waals surface area contributed by atoms with E-state index in [1.807, 2.05) is 13.8 Å². The molecule has 5 aliphatic heterocycles. The molecule has 0 amide bonds. The van der Waals surface area contributed by atoms with E-state index in [4.69, 9.17) is 28.2 Å². The molecule has 1 N–H and O–H groups in total. The Morgan fingerprint density at radius 2 is 1.71 bits per heavy atom. The minimum absolute atomic E-state index is 0.00604. The van der Waals surface area contributed by atoms with Gasteiger partial charge in [0.1, 0.15) is 29.6 Å². The number of esters is 4. The summed E-state index contributed by atoms with van der Waals surface area (Å²) < 4.78 is 90.8. The van der Waals surface area contributed by atoms with E-state index in [0.29, 0.717) is 19.8 Å². The Labute approximate surface area is 240 Å². The largest absolute Gasteiger partial charge is 0.458 e. The van der Waals surface area contributed by atoms with Gasteiger partial charge < -0.3 is 28.4 Å². The maximum absolute atomic E-state index is 13.7. The van der Waals surface area contributed by atoms with Crippen LogP contribution in [0, 0.1) is 17.8 Å². The van der Waals surface area contributed by atoms with Gasteiger partial charge in [-0.25, -0.2) is 0 Å². The summed E-state index contributed by atoms with van der Waals surface area (Å²) in [6.45, 7) is 4.43. The van der Waals surface area contributed by atoms with Gasteiger partial charge in [0.15, 0.2) is 18.3 Å². The van der Waals surface area contributed by atoms with Crippen LogP contribution in [0.15, 0.2) is 0 Å². The van der Waals surface area contributed by atoms with Crippen LogP contribution >= 0.6 is 0 Å². The summed E-state index contributed by atoms with van der Waals surface area (Å²) in [7, 11) is -5.85. The van der Waals surface area contributed by atoms with Gasteiger partial charge in [0.05, 0.1) is 25.0 Å². The van der Waals surface area contributed by atoms with Crippen LogP contribution in [0.25, 0.3) is 0 Å². The Bertz CT molecular complexity index is 1230. The lowest BCUT2D eigenvalue weighted by molar-refractivity contribution is -0.182. The van der Waals surface area contributed by atoms with Crippen molar-refractivity contribution in [2.24, 2.45) is 17.8 Å². The van der Waals surface area contributed by atoms with E-state index in [1.165, 1.54) is 0 Å². The first-order chi connectivity index (χ1) is 19.6. The van der Waals surface area contributed by atoms with E-state index >= 15 is 0 Å². The lowest BCUT2D eigenvalue weighted by atomic mass is 9.73. The molecule has 10 atom stereocenters. The molecule has 0 saturated carbocycles. The van der Waals surface area contributed by atoms with Crippen molar-refractivity contribution in [3.63, 3.8) is 0 Å². The molecule has 4 bridgehead atoms. The highest BCUT2D eigenvalue weighted by Crippen LogP contribution is 2.53. The van der Waals surface area contributed by atoms with Gasteiger partial charge in [0, 0.05) is 5.92 Å². The zero-order chi connectivity index (χ0) is 30.8. The van der Waals surface area contributed by atoms with Gasteiger partial charge in [-0.3, -0.25) is 23.7 Å². The fourth-order valence-electron chi connectivity index (χ4n) is 7.14. The predicted molar refractivity (Wildman–Crippen MR) is 132 cm³/mol. The normalized spacial score (nSPS) is 35.7. The molecule has 10 unspecified atom stereocenters. The topological polar surface area (TPSA) is 178 Å². The molecule has 0 aromatic heterocycles. The van der Waals surface area contributed by atoms with Crippen molar-refractivity contribution in [1.82, 2.24) is 0 Å². The molecule has 0 spiro atoms. The number of alkyl halides is 2. The molecule has 5 fully saturated rings. The van der Waals surface area contributed by atoms with Crippen LogP contribution in [0.2, 0.25) is 0 Å². The van der Waals surface area contributed by atoms with E-state index in [2.05, 4.69) is 4.74 Å². The second-order valence-electron chi connectivity index (χ2n) is 11.6. The van der Waals surface area contributed by atoms with Gasteiger partial charge in [-0.2, -0.15) is 17.2 Å². The molecular weight excluding hydrogens is 590 g/mol. The Morgan fingerprint density at radius 3 is 2.29 bits per heavy atom. The van der Waals surface area contributed by atoms with Crippen LogP contribution in [-0.2, 0) is 57.7 Å². The summed E-state index contributed by atoms with van der Waals surface area (Å²) in [4.78, 5) is 50.9. The minimum atomic E-state index is -5.85. The van der Waals surface area contributed by atoms with Crippen molar-refractivity contribution >= 4 is 34.0 Å². The second kappa shape index (κ2) is 10.9. The zero-order valence-electron chi connectivity index (χ0n) is 23.2. The van der Waals surface area contributed by atoms with Gasteiger partial charge in [-0.05, 0) is 39.0 Å². The van der Waals surface area contributed by atoms with Crippen molar-refractivity contribution in [2.45, 2.75) is 119 Å². The first-order valence-electron chi connectivity index (χ1n) is 14.1. The summed E-state index contributed by atoms with van der Waals surface area (Å²) in [6.07, 6.45) is -4.15. The monoisotopic (exact) mass is 624 g/mol. The first kappa shape index (κ1) is 31.0. The molecule has 16 heteroatoms. The third kappa shape index (κ3) is 5.07. The Balaban J connectivity index is 1.22. The lowest BCUT2D eigenvalue weighted by Crippen LogP contribution is -2.52. The van der Waals surface area contributed by atoms with E-state index in [-0.39, 0.29) is 18.1 Å². The van der Waals surface area contributed by atoms with Crippen LogP contribution in [0.1, 0.15) is 65.7 Å². The lowest BCUT2D eigenvalue weighted by Gasteiger charge is -2.41. The van der Waals surface area contributed by atoms with E-state index in [0.717, 1.165) is 19.3 Å².